The molecule has 0 aromatic carbocycles. The molecule has 6 nitrogen and oxygen atoms in total. The number of nitrogens with one attached hydrogen (secondary N) is 1. The van der Waals surface area contributed by atoms with Crippen LogP contribution in [0.2, 0.25) is 0 Å². The van der Waals surface area contributed by atoms with E-state index in [1.54, 1.807) is 0 Å². The van der Waals surface area contributed by atoms with Gasteiger partial charge in [0.15, 0.2) is 0 Å². The monoisotopic (exact) mass is 780 g/mol. The van der Waals surface area contributed by atoms with Gasteiger partial charge in [0.05, 0.1) is 25.2 Å². The number of unbranched alkanes of at least 4 members (excludes halogenated alkanes) is 33. The Kier molecular flexibility index (Phi) is 43.1. The lowest BCUT2D eigenvalue weighted by atomic mass is 10.0. The molecule has 0 radical (unpaired) electrons. The number of amides is 1. The van der Waals surface area contributed by atoms with Crippen LogP contribution in [-0.2, 0) is 14.3 Å². The zero-order valence-electron chi connectivity index (χ0n) is 37.3. The average molecular weight is 780 g/mol. The summed E-state index contributed by atoms with van der Waals surface area (Å²) in [5.74, 6) is -0.458. The molecule has 0 saturated carbocycles. The summed E-state index contributed by atoms with van der Waals surface area (Å²) in [5.41, 5.74) is 0. The number of hydrogen-bond acceptors (Lipinski definition) is 5. The lowest BCUT2D eigenvalue weighted by molar-refractivity contribution is -0.151. The van der Waals surface area contributed by atoms with E-state index in [4.69, 9.17) is 4.74 Å². The minimum atomic E-state index is -0.777. The van der Waals surface area contributed by atoms with Crippen molar-refractivity contribution < 1.29 is 24.5 Å². The molecule has 6 heteroatoms. The molecule has 55 heavy (non-hydrogen) atoms. The van der Waals surface area contributed by atoms with Gasteiger partial charge in [0.1, 0.15) is 6.10 Å². The summed E-state index contributed by atoms with van der Waals surface area (Å²) in [6.07, 6.45) is 46.0. The molecule has 3 N–H and O–H groups in total. The Labute approximate surface area is 343 Å². The van der Waals surface area contributed by atoms with Crippen LogP contribution < -0.4 is 5.32 Å². The van der Waals surface area contributed by atoms with Crippen molar-refractivity contribution in [2.24, 2.45) is 0 Å². The maximum absolute atomic E-state index is 13.1. The molecular formula is C49H97NO5. The molecule has 0 aromatic rings. The summed E-state index contributed by atoms with van der Waals surface area (Å²) in [4.78, 5) is 26.0. The minimum Gasteiger partial charge on any atom is -0.462 e. The van der Waals surface area contributed by atoms with Gasteiger partial charge in [-0.15, -0.1) is 0 Å². The zero-order chi connectivity index (χ0) is 40.3. The highest BCUT2D eigenvalue weighted by atomic mass is 16.5. The molecule has 0 aliphatic carbocycles. The summed E-state index contributed by atoms with van der Waals surface area (Å²) >= 11 is 0. The summed E-state index contributed by atoms with van der Waals surface area (Å²) < 4.78 is 5.90. The Hall–Kier alpha value is -1.14. The fraction of sp³-hybridized carbons (Fsp3) is 0.959. The predicted octanol–water partition coefficient (Wildman–Crippen LogP) is 14.4. The topological polar surface area (TPSA) is 95.9 Å². The van der Waals surface area contributed by atoms with Gasteiger partial charge in [0.25, 0.3) is 0 Å². The number of esters is 1. The Morgan fingerprint density at radius 2 is 0.764 bits per heavy atom. The third-order valence-corrected chi connectivity index (χ3v) is 11.7. The Bertz CT molecular complexity index is 791. The number of carbonyl (C=O) groups excluding carboxylic acids is 2. The van der Waals surface area contributed by atoms with Gasteiger partial charge in [-0.2, -0.15) is 0 Å². The number of aliphatic hydroxyl groups is 2. The first-order valence-corrected chi connectivity index (χ1v) is 24.8. The highest BCUT2D eigenvalue weighted by molar-refractivity contribution is 5.77. The Morgan fingerprint density at radius 3 is 1.11 bits per heavy atom. The zero-order valence-corrected chi connectivity index (χ0v) is 37.3. The van der Waals surface area contributed by atoms with Gasteiger partial charge in [-0.05, 0) is 25.7 Å². The molecule has 0 heterocycles. The molecule has 0 fully saturated rings. The number of aliphatic hydroxyl groups excluding tert-OH is 2. The van der Waals surface area contributed by atoms with Crippen LogP contribution in [0.4, 0.5) is 0 Å². The molecule has 3 unspecified atom stereocenters. The lowest BCUT2D eigenvalue weighted by Crippen LogP contribution is -2.46. The van der Waals surface area contributed by atoms with Gasteiger partial charge in [0.2, 0.25) is 5.91 Å². The van der Waals surface area contributed by atoms with Gasteiger partial charge >= 0.3 is 5.97 Å². The molecule has 0 spiro atoms. The smallest absolute Gasteiger partial charge is 0.306 e. The standard InChI is InChI=1S/C49H97NO5/c1-4-7-10-13-16-19-21-22-23-24-25-26-28-30-33-36-39-42-49(54)55-45(40-37-34-31-18-15-12-9-6-3)43-48(53)50-46(44-51)47(52)41-38-35-32-29-27-20-17-14-11-8-5-2/h45-47,51-52H,4-44H2,1-3H3,(H,50,53). The van der Waals surface area contributed by atoms with Crippen molar-refractivity contribution in [2.45, 2.75) is 296 Å². The predicted molar refractivity (Wildman–Crippen MR) is 237 cm³/mol. The third-order valence-electron chi connectivity index (χ3n) is 11.7. The third kappa shape index (κ3) is 39.5. The van der Waals surface area contributed by atoms with Crippen molar-refractivity contribution in [1.29, 1.82) is 0 Å². The minimum absolute atomic E-state index is 0.0863. The molecule has 328 valence electrons. The van der Waals surface area contributed by atoms with Crippen molar-refractivity contribution in [1.82, 2.24) is 5.32 Å². The van der Waals surface area contributed by atoms with Gasteiger partial charge < -0.3 is 20.3 Å². The van der Waals surface area contributed by atoms with Crippen LogP contribution in [0.3, 0.4) is 0 Å². The van der Waals surface area contributed by atoms with Gasteiger partial charge in [-0.3, -0.25) is 9.59 Å². The van der Waals surface area contributed by atoms with Crippen molar-refractivity contribution in [2.75, 3.05) is 6.61 Å². The molecule has 3 atom stereocenters. The van der Waals surface area contributed by atoms with E-state index in [0.717, 1.165) is 38.5 Å². The van der Waals surface area contributed by atoms with Crippen LogP contribution in [-0.4, -0.2) is 46.9 Å². The lowest BCUT2D eigenvalue weighted by Gasteiger charge is -2.24. The highest BCUT2D eigenvalue weighted by Crippen LogP contribution is 2.18. The highest BCUT2D eigenvalue weighted by Gasteiger charge is 2.24. The van der Waals surface area contributed by atoms with E-state index in [9.17, 15) is 19.8 Å². The second kappa shape index (κ2) is 44.0. The van der Waals surface area contributed by atoms with Crippen molar-refractivity contribution >= 4 is 11.9 Å². The van der Waals surface area contributed by atoms with E-state index in [0.29, 0.717) is 19.3 Å². The summed E-state index contributed by atoms with van der Waals surface area (Å²) in [7, 11) is 0. The van der Waals surface area contributed by atoms with Crippen LogP contribution in [0.15, 0.2) is 0 Å². The Morgan fingerprint density at radius 1 is 0.455 bits per heavy atom. The van der Waals surface area contributed by atoms with Gasteiger partial charge in [-0.1, -0.05) is 239 Å². The molecule has 0 rings (SSSR count). The van der Waals surface area contributed by atoms with Crippen molar-refractivity contribution in [3.8, 4) is 0 Å². The summed E-state index contributed by atoms with van der Waals surface area (Å²) in [6, 6.07) is -0.690. The first-order valence-electron chi connectivity index (χ1n) is 24.8. The van der Waals surface area contributed by atoms with Crippen LogP contribution in [0.5, 0.6) is 0 Å². The molecule has 0 aromatic heterocycles. The van der Waals surface area contributed by atoms with E-state index in [-0.39, 0.29) is 24.9 Å². The second-order valence-electron chi connectivity index (χ2n) is 17.2. The van der Waals surface area contributed by atoms with Gasteiger partial charge in [0, 0.05) is 6.42 Å². The van der Waals surface area contributed by atoms with Crippen LogP contribution in [0.25, 0.3) is 0 Å². The van der Waals surface area contributed by atoms with Crippen molar-refractivity contribution in [3.63, 3.8) is 0 Å². The average Bonchev–Trinajstić information content (AvgIpc) is 3.18. The number of carbonyl (C=O) groups is 2. The first-order chi connectivity index (χ1) is 27.0. The van der Waals surface area contributed by atoms with Crippen molar-refractivity contribution in [3.05, 3.63) is 0 Å². The first kappa shape index (κ1) is 53.9. The largest absolute Gasteiger partial charge is 0.462 e. The van der Waals surface area contributed by atoms with E-state index in [2.05, 4.69) is 26.1 Å². The van der Waals surface area contributed by atoms with Crippen LogP contribution in [0, 0.1) is 0 Å². The van der Waals surface area contributed by atoms with E-state index >= 15 is 0 Å². The quantitative estimate of drug-likeness (QED) is 0.0422. The summed E-state index contributed by atoms with van der Waals surface area (Å²) in [6.45, 7) is 6.47. The SMILES string of the molecule is CCCCCCCCCCCCCCCCCCCC(=O)OC(CCCCCCCCCC)CC(=O)NC(CO)C(O)CCCCCCCCCCCCC. The molecule has 0 aliphatic rings. The molecule has 0 bridgehead atoms. The molecular weight excluding hydrogens is 683 g/mol. The fourth-order valence-corrected chi connectivity index (χ4v) is 7.90. The second-order valence-corrected chi connectivity index (χ2v) is 17.2. The number of ether oxygens (including phenoxy) is 1. The van der Waals surface area contributed by atoms with Gasteiger partial charge in [-0.25, -0.2) is 0 Å². The van der Waals surface area contributed by atoms with Crippen LogP contribution >= 0.6 is 0 Å². The molecule has 0 aliphatic heterocycles. The van der Waals surface area contributed by atoms with E-state index in [1.165, 1.54) is 193 Å². The van der Waals surface area contributed by atoms with E-state index in [1.807, 2.05) is 0 Å². The Balaban J connectivity index is 4.37. The maximum Gasteiger partial charge on any atom is 0.306 e. The molecule has 1 amide bonds. The fourth-order valence-electron chi connectivity index (χ4n) is 7.90. The normalized spacial score (nSPS) is 13.2. The van der Waals surface area contributed by atoms with E-state index < -0.39 is 18.2 Å². The van der Waals surface area contributed by atoms with Crippen LogP contribution in [0.1, 0.15) is 278 Å². The number of rotatable bonds is 45. The molecule has 0 saturated heterocycles. The maximum atomic E-state index is 13.1. The number of hydrogen-bond donors (Lipinski definition) is 3. The summed E-state index contributed by atoms with van der Waals surface area (Å²) in [5, 5.41) is 23.6.